The molecule has 0 aliphatic carbocycles. The van der Waals surface area contributed by atoms with Gasteiger partial charge in [0.1, 0.15) is 5.82 Å². The molecule has 1 heterocycles. The molecule has 0 radical (unpaired) electrons. The summed E-state index contributed by atoms with van der Waals surface area (Å²) in [6, 6.07) is 0.492. The number of nitrogens with zero attached hydrogens (tertiary/aromatic N) is 3. The first-order valence-corrected chi connectivity index (χ1v) is 10.6. The quantitative estimate of drug-likeness (QED) is 0.284. The molecule has 2 N–H and O–H groups in total. The molecule has 4 nitrogen and oxygen atoms in total. The molecule has 1 aliphatic heterocycles. The van der Waals surface area contributed by atoms with Crippen LogP contribution in [0.2, 0.25) is 0 Å². The van der Waals surface area contributed by atoms with Crippen LogP contribution in [0.1, 0.15) is 54.4 Å². The largest absolute Gasteiger partial charge is 0.385 e. The lowest BCUT2D eigenvalue weighted by molar-refractivity contribution is 0.379. The van der Waals surface area contributed by atoms with E-state index in [1.165, 1.54) is 11.1 Å². The van der Waals surface area contributed by atoms with Gasteiger partial charge in [-0.3, -0.25) is 0 Å². The van der Waals surface area contributed by atoms with Crippen molar-refractivity contribution in [2.75, 3.05) is 19.6 Å². The van der Waals surface area contributed by atoms with Gasteiger partial charge in [0, 0.05) is 19.6 Å². The summed E-state index contributed by atoms with van der Waals surface area (Å²) in [5.41, 5.74) is 8.89. The van der Waals surface area contributed by atoms with Crippen LogP contribution in [-0.2, 0) is 0 Å². The van der Waals surface area contributed by atoms with E-state index in [0.717, 1.165) is 44.1 Å². The van der Waals surface area contributed by atoms with Gasteiger partial charge in [-0.1, -0.05) is 45.1 Å². The fourth-order valence-electron chi connectivity index (χ4n) is 3.13. The second-order valence-electron chi connectivity index (χ2n) is 7.42. The minimum atomic E-state index is 0.447. The molecule has 1 atom stereocenters. The molecule has 0 amide bonds. The first-order chi connectivity index (χ1) is 13.4. The molecular formula is C24H40N4. The molecule has 0 aromatic carbocycles. The van der Waals surface area contributed by atoms with Gasteiger partial charge >= 0.3 is 0 Å². The van der Waals surface area contributed by atoms with Gasteiger partial charge in [0.15, 0.2) is 0 Å². The van der Waals surface area contributed by atoms with Crippen molar-refractivity contribution in [1.82, 2.24) is 9.80 Å². The highest BCUT2D eigenvalue weighted by molar-refractivity contribution is 5.33. The van der Waals surface area contributed by atoms with Gasteiger partial charge in [-0.05, 0) is 69.5 Å². The van der Waals surface area contributed by atoms with Crippen LogP contribution < -0.4 is 5.73 Å². The Morgan fingerprint density at radius 3 is 2.43 bits per heavy atom. The number of aliphatic imine (C=N–C) groups is 1. The first kappa shape index (κ1) is 23.8. The van der Waals surface area contributed by atoms with Gasteiger partial charge in [0.25, 0.3) is 0 Å². The lowest BCUT2D eigenvalue weighted by Crippen LogP contribution is -2.21. The standard InChI is InChI=1S/C24H40N4/c1-8-12-13-20(9-2)16-23(25)28-18-22(28)15-14-21(19(5)6)17-24(26-7)27(10-3)11-4/h8,12-14,16-17,19,22H,7,9-11,15,18,25H2,1-6H3/b12-8-,20-13-,21-14+,23-16+,24-17+. The summed E-state index contributed by atoms with van der Waals surface area (Å²) < 4.78 is 0. The molecule has 28 heavy (non-hydrogen) atoms. The lowest BCUT2D eigenvalue weighted by atomic mass is 10.0. The maximum absolute atomic E-state index is 6.32. The Morgan fingerprint density at radius 1 is 1.25 bits per heavy atom. The Balaban J connectivity index is 2.84. The Morgan fingerprint density at radius 2 is 1.93 bits per heavy atom. The number of nitrogens with two attached hydrogens (primary N) is 1. The second kappa shape index (κ2) is 12.3. The van der Waals surface area contributed by atoms with Crippen LogP contribution in [0.25, 0.3) is 0 Å². The Bertz CT molecular complexity index is 646. The van der Waals surface area contributed by atoms with Crippen LogP contribution in [0.4, 0.5) is 0 Å². The van der Waals surface area contributed by atoms with Crippen molar-refractivity contribution in [3.05, 3.63) is 59.2 Å². The summed E-state index contributed by atoms with van der Waals surface area (Å²) in [5, 5.41) is 0. The second-order valence-corrected chi connectivity index (χ2v) is 7.42. The molecule has 1 unspecified atom stereocenters. The zero-order valence-corrected chi connectivity index (χ0v) is 18.8. The van der Waals surface area contributed by atoms with Crippen LogP contribution in [0.5, 0.6) is 0 Å². The van der Waals surface area contributed by atoms with Gasteiger partial charge in [0.05, 0.1) is 11.9 Å². The SMILES string of the molecule is C=N/C(=C\C(=C/CC1CN1/C(N)=C/C(=C\C=C/C)CC)C(C)C)N(CC)CC. The Hall–Kier alpha value is -2.23. The van der Waals surface area contributed by atoms with Crippen molar-refractivity contribution in [2.45, 2.75) is 60.4 Å². The summed E-state index contributed by atoms with van der Waals surface area (Å²) in [5.74, 6) is 2.27. The molecule has 0 aromatic heterocycles. The topological polar surface area (TPSA) is 44.6 Å². The van der Waals surface area contributed by atoms with Crippen molar-refractivity contribution in [3.63, 3.8) is 0 Å². The molecule has 1 saturated heterocycles. The van der Waals surface area contributed by atoms with Gasteiger partial charge in [-0.15, -0.1) is 0 Å². The van der Waals surface area contributed by atoms with Crippen LogP contribution >= 0.6 is 0 Å². The normalized spacial score (nSPS) is 19.0. The van der Waals surface area contributed by atoms with Crippen LogP contribution in [-0.4, -0.2) is 42.2 Å². The molecule has 0 spiro atoms. The third-order valence-electron chi connectivity index (χ3n) is 5.13. The van der Waals surface area contributed by atoms with E-state index in [1.54, 1.807) is 0 Å². The van der Waals surface area contributed by atoms with E-state index < -0.39 is 0 Å². The third kappa shape index (κ3) is 7.41. The van der Waals surface area contributed by atoms with Crippen molar-refractivity contribution >= 4 is 6.72 Å². The summed E-state index contributed by atoms with van der Waals surface area (Å²) in [6.07, 6.45) is 14.8. The average Bonchev–Trinajstić information content (AvgIpc) is 3.47. The maximum atomic E-state index is 6.32. The third-order valence-corrected chi connectivity index (χ3v) is 5.13. The number of allylic oxidation sites excluding steroid dienone is 7. The zero-order valence-electron chi connectivity index (χ0n) is 18.8. The smallest absolute Gasteiger partial charge is 0.127 e. The van der Waals surface area contributed by atoms with E-state index in [2.05, 4.69) is 86.5 Å². The van der Waals surface area contributed by atoms with Crippen LogP contribution in [0.15, 0.2) is 64.2 Å². The number of hydrogen-bond acceptors (Lipinski definition) is 4. The molecule has 0 bridgehead atoms. The van der Waals surface area contributed by atoms with E-state index in [-0.39, 0.29) is 0 Å². The summed E-state index contributed by atoms with van der Waals surface area (Å²) >= 11 is 0. The van der Waals surface area contributed by atoms with Crippen molar-refractivity contribution < 1.29 is 0 Å². The monoisotopic (exact) mass is 384 g/mol. The van der Waals surface area contributed by atoms with Crippen molar-refractivity contribution in [3.8, 4) is 0 Å². The van der Waals surface area contributed by atoms with E-state index in [1.807, 2.05) is 13.0 Å². The number of hydrogen-bond donors (Lipinski definition) is 1. The molecule has 1 rings (SSSR count). The van der Waals surface area contributed by atoms with E-state index >= 15 is 0 Å². The fraction of sp³-hybridized carbons (Fsp3) is 0.542. The summed E-state index contributed by atoms with van der Waals surface area (Å²) in [4.78, 5) is 8.75. The summed E-state index contributed by atoms with van der Waals surface area (Å²) in [6.45, 7) is 19.6. The number of rotatable bonds is 12. The van der Waals surface area contributed by atoms with Crippen molar-refractivity contribution in [2.24, 2.45) is 16.6 Å². The Kier molecular flexibility index (Phi) is 10.4. The molecule has 0 aromatic rings. The average molecular weight is 385 g/mol. The zero-order chi connectivity index (χ0) is 21.1. The minimum absolute atomic E-state index is 0.447. The van der Waals surface area contributed by atoms with Crippen molar-refractivity contribution in [1.29, 1.82) is 0 Å². The van der Waals surface area contributed by atoms with Gasteiger partial charge in [-0.25, -0.2) is 4.99 Å². The van der Waals surface area contributed by atoms with E-state index in [4.69, 9.17) is 5.73 Å². The molecule has 1 fully saturated rings. The highest BCUT2D eigenvalue weighted by atomic mass is 15.3. The molecule has 1 aliphatic rings. The highest BCUT2D eigenvalue weighted by Crippen LogP contribution is 2.27. The van der Waals surface area contributed by atoms with Gasteiger partial charge < -0.3 is 15.5 Å². The van der Waals surface area contributed by atoms with E-state index in [0.29, 0.717) is 12.0 Å². The molecular weight excluding hydrogens is 344 g/mol. The first-order valence-electron chi connectivity index (χ1n) is 10.6. The minimum Gasteiger partial charge on any atom is -0.385 e. The van der Waals surface area contributed by atoms with Gasteiger partial charge in [0.2, 0.25) is 0 Å². The maximum Gasteiger partial charge on any atom is 0.127 e. The summed E-state index contributed by atoms with van der Waals surface area (Å²) in [7, 11) is 0. The Labute approximate surface area is 172 Å². The highest BCUT2D eigenvalue weighted by Gasteiger charge is 2.33. The lowest BCUT2D eigenvalue weighted by Gasteiger charge is -2.22. The van der Waals surface area contributed by atoms with Crippen LogP contribution in [0, 0.1) is 5.92 Å². The molecule has 156 valence electrons. The molecule has 0 saturated carbocycles. The van der Waals surface area contributed by atoms with Crippen LogP contribution in [0.3, 0.4) is 0 Å². The predicted octanol–water partition coefficient (Wildman–Crippen LogP) is 5.24. The van der Waals surface area contributed by atoms with E-state index in [9.17, 15) is 0 Å². The fourth-order valence-corrected chi connectivity index (χ4v) is 3.13. The van der Waals surface area contributed by atoms with Gasteiger partial charge in [-0.2, -0.15) is 0 Å². The molecule has 4 heteroatoms. The predicted molar refractivity (Wildman–Crippen MR) is 124 cm³/mol.